The van der Waals surface area contributed by atoms with Crippen LogP contribution in [-0.2, 0) is 0 Å². The molecule has 1 N–H and O–H groups in total. The minimum atomic E-state index is 0.553. The first kappa shape index (κ1) is 13.1. The highest BCUT2D eigenvalue weighted by molar-refractivity contribution is 5.60. The number of tetrazole rings is 1. The van der Waals surface area contributed by atoms with Crippen molar-refractivity contribution in [1.82, 2.24) is 20.2 Å². The molecule has 2 unspecified atom stereocenters. The third-order valence-corrected chi connectivity index (χ3v) is 4.12. The molecule has 5 heteroatoms. The summed E-state index contributed by atoms with van der Waals surface area (Å²) in [6.07, 6.45) is 8.10. The highest BCUT2D eigenvalue weighted by atomic mass is 15.5. The van der Waals surface area contributed by atoms with Crippen molar-refractivity contribution >= 4 is 5.69 Å². The lowest BCUT2D eigenvalue weighted by Gasteiger charge is -2.19. The minimum Gasteiger partial charge on any atom is -0.381 e. The van der Waals surface area contributed by atoms with Crippen LogP contribution in [0.15, 0.2) is 30.6 Å². The molecule has 20 heavy (non-hydrogen) atoms. The quantitative estimate of drug-likeness (QED) is 0.872. The highest BCUT2D eigenvalue weighted by Gasteiger charge is 2.17. The maximum atomic E-state index is 3.99. The molecule has 0 saturated heterocycles. The molecule has 5 nitrogen and oxygen atoms in total. The highest BCUT2D eigenvalue weighted by Crippen LogP contribution is 2.27. The number of hydrogen-bond acceptors (Lipinski definition) is 4. The third kappa shape index (κ3) is 2.98. The Hall–Kier alpha value is -1.91. The topological polar surface area (TPSA) is 55.6 Å². The first-order valence-electron chi connectivity index (χ1n) is 7.42. The number of benzene rings is 1. The van der Waals surface area contributed by atoms with E-state index in [0.717, 1.165) is 17.3 Å². The van der Waals surface area contributed by atoms with Gasteiger partial charge in [0.25, 0.3) is 0 Å². The number of aromatic nitrogens is 4. The summed E-state index contributed by atoms with van der Waals surface area (Å²) in [4.78, 5) is 0. The summed E-state index contributed by atoms with van der Waals surface area (Å²) in [6, 6.07) is 8.76. The molecule has 1 saturated carbocycles. The largest absolute Gasteiger partial charge is 0.381 e. The predicted octanol–water partition coefficient (Wildman–Crippen LogP) is 3.04. The molecule has 0 bridgehead atoms. The molecule has 1 aliphatic carbocycles. The standard InChI is InChI=1S/C15H21N5/c1-12-5-4-6-13(10-9-12)17-14-7-2-3-8-15(14)20-11-16-18-19-20/h2-3,7-8,11-13,17H,4-6,9-10H2,1H3. The van der Waals surface area contributed by atoms with Gasteiger partial charge in [-0.3, -0.25) is 0 Å². The van der Waals surface area contributed by atoms with E-state index in [2.05, 4.69) is 39.9 Å². The second-order valence-corrected chi connectivity index (χ2v) is 5.73. The van der Waals surface area contributed by atoms with Crippen LogP contribution in [-0.4, -0.2) is 26.2 Å². The molecule has 2 atom stereocenters. The van der Waals surface area contributed by atoms with Gasteiger partial charge >= 0.3 is 0 Å². The van der Waals surface area contributed by atoms with Crippen LogP contribution in [0.1, 0.15) is 39.0 Å². The number of nitrogens with zero attached hydrogens (tertiary/aromatic N) is 4. The van der Waals surface area contributed by atoms with Crippen molar-refractivity contribution in [3.8, 4) is 5.69 Å². The van der Waals surface area contributed by atoms with Gasteiger partial charge in [0.05, 0.1) is 11.4 Å². The monoisotopic (exact) mass is 271 g/mol. The van der Waals surface area contributed by atoms with E-state index in [1.54, 1.807) is 11.0 Å². The van der Waals surface area contributed by atoms with Crippen molar-refractivity contribution < 1.29 is 0 Å². The van der Waals surface area contributed by atoms with Crippen molar-refractivity contribution in [2.45, 2.75) is 45.1 Å². The summed E-state index contributed by atoms with van der Waals surface area (Å²) in [5.41, 5.74) is 2.12. The predicted molar refractivity (Wildman–Crippen MR) is 78.8 cm³/mol. The molecule has 1 aliphatic rings. The molecule has 1 fully saturated rings. The Morgan fingerprint density at radius 3 is 2.90 bits per heavy atom. The first-order chi connectivity index (χ1) is 9.83. The zero-order valence-corrected chi connectivity index (χ0v) is 11.9. The smallest absolute Gasteiger partial charge is 0.143 e. The Morgan fingerprint density at radius 1 is 1.15 bits per heavy atom. The second kappa shape index (κ2) is 6.03. The summed E-state index contributed by atoms with van der Waals surface area (Å²) in [5, 5.41) is 15.1. The lowest BCUT2D eigenvalue weighted by atomic mass is 10.0. The molecule has 1 heterocycles. The van der Waals surface area contributed by atoms with Crippen LogP contribution in [0.25, 0.3) is 5.69 Å². The van der Waals surface area contributed by atoms with E-state index in [1.807, 2.05) is 12.1 Å². The van der Waals surface area contributed by atoms with Crippen molar-refractivity contribution in [1.29, 1.82) is 0 Å². The maximum Gasteiger partial charge on any atom is 0.143 e. The molecule has 0 aliphatic heterocycles. The van der Waals surface area contributed by atoms with Gasteiger partial charge in [-0.1, -0.05) is 31.9 Å². The molecule has 0 radical (unpaired) electrons. The summed E-state index contributed by atoms with van der Waals surface area (Å²) in [7, 11) is 0. The van der Waals surface area contributed by atoms with Crippen LogP contribution in [0, 0.1) is 5.92 Å². The second-order valence-electron chi connectivity index (χ2n) is 5.73. The normalized spacial score (nSPS) is 23.2. The molecule has 0 spiro atoms. The van der Waals surface area contributed by atoms with Gasteiger partial charge < -0.3 is 5.32 Å². The lowest BCUT2D eigenvalue weighted by Crippen LogP contribution is -2.19. The van der Waals surface area contributed by atoms with Gasteiger partial charge in [0.2, 0.25) is 0 Å². The van der Waals surface area contributed by atoms with E-state index in [1.165, 1.54) is 32.1 Å². The van der Waals surface area contributed by atoms with Crippen molar-refractivity contribution in [2.75, 3.05) is 5.32 Å². The van der Waals surface area contributed by atoms with E-state index >= 15 is 0 Å². The fourth-order valence-corrected chi connectivity index (χ4v) is 2.92. The molecule has 106 valence electrons. The van der Waals surface area contributed by atoms with Crippen LogP contribution in [0.4, 0.5) is 5.69 Å². The van der Waals surface area contributed by atoms with Crippen LogP contribution in [0.2, 0.25) is 0 Å². The Morgan fingerprint density at radius 2 is 2.05 bits per heavy atom. The van der Waals surface area contributed by atoms with E-state index < -0.39 is 0 Å². The number of hydrogen-bond donors (Lipinski definition) is 1. The molecule has 2 aromatic rings. The number of para-hydroxylation sites is 2. The molecule has 0 amide bonds. The van der Waals surface area contributed by atoms with E-state index in [9.17, 15) is 0 Å². The molecule has 1 aromatic carbocycles. The van der Waals surface area contributed by atoms with E-state index in [-0.39, 0.29) is 0 Å². The van der Waals surface area contributed by atoms with Crippen molar-refractivity contribution in [3.63, 3.8) is 0 Å². The summed E-state index contributed by atoms with van der Waals surface area (Å²) >= 11 is 0. The number of anilines is 1. The van der Waals surface area contributed by atoms with Crippen molar-refractivity contribution in [3.05, 3.63) is 30.6 Å². The van der Waals surface area contributed by atoms with Crippen LogP contribution in [0.3, 0.4) is 0 Å². The summed E-state index contributed by atoms with van der Waals surface area (Å²) in [6.45, 7) is 2.36. The SMILES string of the molecule is CC1CCCC(Nc2ccccc2-n2cnnn2)CC1. The van der Waals surface area contributed by atoms with Gasteiger partial charge in [-0.25, -0.2) is 0 Å². The van der Waals surface area contributed by atoms with E-state index in [4.69, 9.17) is 0 Å². The van der Waals surface area contributed by atoms with Gasteiger partial charge in [0, 0.05) is 6.04 Å². The van der Waals surface area contributed by atoms with Crippen LogP contribution < -0.4 is 5.32 Å². The Bertz CT molecular complexity index is 537. The fraction of sp³-hybridized carbons (Fsp3) is 0.533. The molecular weight excluding hydrogens is 250 g/mol. The zero-order chi connectivity index (χ0) is 13.8. The average molecular weight is 271 g/mol. The summed E-state index contributed by atoms with van der Waals surface area (Å²) in [5.74, 6) is 0.858. The van der Waals surface area contributed by atoms with Gasteiger partial charge in [0.15, 0.2) is 0 Å². The third-order valence-electron chi connectivity index (χ3n) is 4.12. The molecule has 3 rings (SSSR count). The number of nitrogens with one attached hydrogen (secondary N) is 1. The molecule has 1 aromatic heterocycles. The van der Waals surface area contributed by atoms with Crippen molar-refractivity contribution in [2.24, 2.45) is 5.92 Å². The first-order valence-corrected chi connectivity index (χ1v) is 7.42. The van der Waals surface area contributed by atoms with Crippen LogP contribution >= 0.6 is 0 Å². The summed E-state index contributed by atoms with van der Waals surface area (Å²) < 4.78 is 1.71. The van der Waals surface area contributed by atoms with Gasteiger partial charge in [-0.2, -0.15) is 4.68 Å². The molecular formula is C15H21N5. The Labute approximate surface area is 119 Å². The Kier molecular flexibility index (Phi) is 3.95. The zero-order valence-electron chi connectivity index (χ0n) is 11.9. The van der Waals surface area contributed by atoms with Crippen LogP contribution in [0.5, 0.6) is 0 Å². The van der Waals surface area contributed by atoms with E-state index in [0.29, 0.717) is 6.04 Å². The van der Waals surface area contributed by atoms with Gasteiger partial charge in [0.1, 0.15) is 6.33 Å². The average Bonchev–Trinajstić information content (AvgIpc) is 2.91. The number of rotatable bonds is 3. The fourth-order valence-electron chi connectivity index (χ4n) is 2.92. The Balaban J connectivity index is 1.77. The minimum absolute atomic E-state index is 0.553. The maximum absolute atomic E-state index is 3.99. The van der Waals surface area contributed by atoms with Gasteiger partial charge in [-0.05, 0) is 47.7 Å². The van der Waals surface area contributed by atoms with Gasteiger partial charge in [-0.15, -0.1) is 5.10 Å². The lowest BCUT2D eigenvalue weighted by molar-refractivity contribution is 0.502.